The molecule has 3 rings (SSSR count). The highest BCUT2D eigenvalue weighted by atomic mass is 32.2. The number of carbonyl (C=O) groups excluding carboxylic acids is 1. The molecule has 26 heavy (non-hydrogen) atoms. The van der Waals surface area contributed by atoms with E-state index in [-0.39, 0.29) is 12.5 Å². The molecule has 2 aromatic rings. The number of nitrogens with zero attached hydrogens (tertiary/aromatic N) is 1. The molecule has 1 aliphatic rings. The van der Waals surface area contributed by atoms with E-state index in [1.165, 1.54) is 4.31 Å². The minimum atomic E-state index is -3.53. The molecule has 0 spiro atoms. The van der Waals surface area contributed by atoms with Gasteiger partial charge in [-0.25, -0.2) is 8.42 Å². The summed E-state index contributed by atoms with van der Waals surface area (Å²) in [6.07, 6.45) is 0.199. The predicted molar refractivity (Wildman–Crippen MR) is 102 cm³/mol. The second kappa shape index (κ2) is 6.64. The topological polar surface area (TPSA) is 75.7 Å². The average Bonchev–Trinajstić information content (AvgIpc) is 2.56. The fourth-order valence-electron chi connectivity index (χ4n) is 2.85. The van der Waals surface area contributed by atoms with Crippen molar-refractivity contribution in [2.45, 2.75) is 26.9 Å². The first-order valence-electron chi connectivity index (χ1n) is 8.28. The maximum Gasteiger partial charge on any atom is 0.267 e. The number of aryl methyl sites for hydroxylation is 3. The summed E-state index contributed by atoms with van der Waals surface area (Å²) in [5.41, 5.74) is 4.22. The Kier molecular flexibility index (Phi) is 4.66. The molecule has 1 atom stereocenters. The van der Waals surface area contributed by atoms with Gasteiger partial charge in [0.15, 0.2) is 6.10 Å². The Labute approximate surface area is 153 Å². The Bertz CT molecular complexity index is 969. The van der Waals surface area contributed by atoms with Crippen molar-refractivity contribution in [2.24, 2.45) is 0 Å². The third-order valence-corrected chi connectivity index (χ3v) is 5.60. The van der Waals surface area contributed by atoms with Crippen LogP contribution in [0.5, 0.6) is 5.75 Å². The van der Waals surface area contributed by atoms with Crippen LogP contribution in [-0.4, -0.2) is 33.2 Å². The maximum atomic E-state index is 12.7. The number of amides is 1. The Morgan fingerprint density at radius 2 is 1.85 bits per heavy atom. The summed E-state index contributed by atoms with van der Waals surface area (Å²) in [5, 5.41) is 2.81. The molecule has 7 heteroatoms. The predicted octanol–water partition coefficient (Wildman–Crippen LogP) is 2.78. The van der Waals surface area contributed by atoms with Crippen LogP contribution in [0.1, 0.15) is 16.7 Å². The zero-order valence-corrected chi connectivity index (χ0v) is 16.1. The van der Waals surface area contributed by atoms with Crippen LogP contribution >= 0.6 is 0 Å². The molecule has 0 saturated carbocycles. The van der Waals surface area contributed by atoms with Crippen LogP contribution in [0.2, 0.25) is 0 Å². The molecule has 1 unspecified atom stereocenters. The Morgan fingerprint density at radius 1 is 1.12 bits per heavy atom. The highest BCUT2D eigenvalue weighted by Crippen LogP contribution is 2.36. The number of fused-ring (bicyclic) bond motifs is 1. The summed E-state index contributed by atoms with van der Waals surface area (Å²) in [7, 11) is -3.53. The number of anilines is 2. The maximum absolute atomic E-state index is 12.7. The number of rotatable bonds is 3. The zero-order valence-electron chi connectivity index (χ0n) is 15.2. The van der Waals surface area contributed by atoms with Crippen molar-refractivity contribution in [3.63, 3.8) is 0 Å². The van der Waals surface area contributed by atoms with Gasteiger partial charge < -0.3 is 10.1 Å². The van der Waals surface area contributed by atoms with Crippen LogP contribution < -0.4 is 14.4 Å². The highest BCUT2D eigenvalue weighted by Gasteiger charge is 2.35. The molecule has 6 nitrogen and oxygen atoms in total. The van der Waals surface area contributed by atoms with Crippen molar-refractivity contribution in [1.29, 1.82) is 0 Å². The van der Waals surface area contributed by atoms with Gasteiger partial charge in [0.25, 0.3) is 5.91 Å². The van der Waals surface area contributed by atoms with E-state index in [0.717, 1.165) is 22.9 Å². The van der Waals surface area contributed by atoms with Crippen LogP contribution in [0.15, 0.2) is 36.4 Å². The van der Waals surface area contributed by atoms with Crippen molar-refractivity contribution < 1.29 is 17.9 Å². The number of ether oxygens (including phenoxy) is 1. The van der Waals surface area contributed by atoms with Crippen molar-refractivity contribution >= 4 is 27.3 Å². The third kappa shape index (κ3) is 3.67. The van der Waals surface area contributed by atoms with Crippen molar-refractivity contribution in [2.75, 3.05) is 22.4 Å². The molecular formula is C19H22N2O4S. The number of nitrogens with one attached hydrogen (secondary N) is 1. The molecule has 138 valence electrons. The van der Waals surface area contributed by atoms with Gasteiger partial charge in [-0.05, 0) is 61.7 Å². The van der Waals surface area contributed by atoms with Gasteiger partial charge in [0.1, 0.15) is 5.75 Å². The van der Waals surface area contributed by atoms with E-state index >= 15 is 0 Å². The fraction of sp³-hybridized carbons (Fsp3) is 0.316. The lowest BCUT2D eigenvalue weighted by Crippen LogP contribution is -2.48. The molecule has 1 amide bonds. The fourth-order valence-corrected chi connectivity index (χ4v) is 3.76. The zero-order chi connectivity index (χ0) is 19.1. The monoisotopic (exact) mass is 374 g/mol. The molecule has 0 radical (unpaired) electrons. The molecule has 0 bridgehead atoms. The SMILES string of the molecule is Cc1ccc2c(c1)N(S(C)(=O)=O)CC(C(=O)Nc1ccc(C)c(C)c1)O2. The van der Waals surface area contributed by atoms with Crippen molar-refractivity contribution in [3.8, 4) is 5.75 Å². The molecule has 2 aromatic carbocycles. The largest absolute Gasteiger partial charge is 0.476 e. The third-order valence-electron chi connectivity index (χ3n) is 4.45. The van der Waals surface area contributed by atoms with Gasteiger partial charge in [0.2, 0.25) is 10.0 Å². The van der Waals surface area contributed by atoms with E-state index in [1.807, 2.05) is 45.0 Å². The Morgan fingerprint density at radius 3 is 2.50 bits per heavy atom. The quantitative estimate of drug-likeness (QED) is 0.896. The van der Waals surface area contributed by atoms with Gasteiger partial charge in [-0.2, -0.15) is 0 Å². The minimum absolute atomic E-state index is 0.0635. The Hall–Kier alpha value is -2.54. The molecule has 0 aliphatic carbocycles. The summed E-state index contributed by atoms with van der Waals surface area (Å²) in [6.45, 7) is 5.77. The average molecular weight is 374 g/mol. The van der Waals surface area contributed by atoms with Crippen LogP contribution in [0.3, 0.4) is 0 Å². The van der Waals surface area contributed by atoms with Crippen LogP contribution in [-0.2, 0) is 14.8 Å². The molecule has 0 aromatic heterocycles. The van der Waals surface area contributed by atoms with E-state index in [9.17, 15) is 13.2 Å². The molecule has 0 fully saturated rings. The first-order chi connectivity index (χ1) is 12.1. The van der Waals surface area contributed by atoms with Gasteiger partial charge in [-0.15, -0.1) is 0 Å². The molecular weight excluding hydrogens is 352 g/mol. The summed E-state index contributed by atoms with van der Waals surface area (Å²) >= 11 is 0. The van der Waals surface area contributed by atoms with Crippen LogP contribution in [0.4, 0.5) is 11.4 Å². The van der Waals surface area contributed by atoms with E-state index in [2.05, 4.69) is 5.32 Å². The van der Waals surface area contributed by atoms with Crippen LogP contribution in [0.25, 0.3) is 0 Å². The summed E-state index contributed by atoms with van der Waals surface area (Å²) < 4.78 is 31.4. The lowest BCUT2D eigenvalue weighted by atomic mass is 10.1. The molecule has 1 N–H and O–H groups in total. The van der Waals surface area contributed by atoms with E-state index in [0.29, 0.717) is 17.1 Å². The van der Waals surface area contributed by atoms with Gasteiger partial charge in [0.05, 0.1) is 18.5 Å². The first-order valence-corrected chi connectivity index (χ1v) is 10.1. The smallest absolute Gasteiger partial charge is 0.267 e. The van der Waals surface area contributed by atoms with Crippen LogP contribution in [0, 0.1) is 20.8 Å². The normalized spacial score (nSPS) is 16.6. The first kappa shape index (κ1) is 18.3. The standard InChI is InChI=1S/C19H22N2O4S/c1-12-5-8-17-16(9-12)21(26(4,23)24)11-18(25-17)19(22)20-15-7-6-13(2)14(3)10-15/h5-10,18H,11H2,1-4H3,(H,20,22). The summed E-state index contributed by atoms with van der Waals surface area (Å²) in [6, 6.07) is 10.9. The highest BCUT2D eigenvalue weighted by molar-refractivity contribution is 7.92. The number of hydrogen-bond donors (Lipinski definition) is 1. The molecule has 1 heterocycles. The number of sulfonamides is 1. The van der Waals surface area contributed by atoms with E-state index in [4.69, 9.17) is 4.74 Å². The lowest BCUT2D eigenvalue weighted by molar-refractivity contribution is -0.122. The molecule has 1 aliphatic heterocycles. The summed E-state index contributed by atoms with van der Waals surface area (Å²) in [5.74, 6) is 0.000592. The van der Waals surface area contributed by atoms with Gasteiger partial charge in [0, 0.05) is 5.69 Å². The number of carbonyl (C=O) groups is 1. The minimum Gasteiger partial charge on any atom is -0.476 e. The lowest BCUT2D eigenvalue weighted by Gasteiger charge is -2.34. The van der Waals surface area contributed by atoms with Crippen molar-refractivity contribution in [3.05, 3.63) is 53.1 Å². The van der Waals surface area contributed by atoms with E-state index in [1.54, 1.807) is 12.1 Å². The second-order valence-corrected chi connectivity index (χ2v) is 8.57. The van der Waals surface area contributed by atoms with E-state index < -0.39 is 16.1 Å². The van der Waals surface area contributed by atoms with Gasteiger partial charge in [-0.1, -0.05) is 12.1 Å². The number of hydrogen-bond acceptors (Lipinski definition) is 4. The Balaban J connectivity index is 1.88. The van der Waals surface area contributed by atoms with Gasteiger partial charge in [-0.3, -0.25) is 9.10 Å². The molecule has 0 saturated heterocycles. The van der Waals surface area contributed by atoms with Gasteiger partial charge >= 0.3 is 0 Å². The second-order valence-electron chi connectivity index (χ2n) is 6.66. The number of benzene rings is 2. The summed E-state index contributed by atoms with van der Waals surface area (Å²) in [4.78, 5) is 12.7. The van der Waals surface area contributed by atoms with Crippen molar-refractivity contribution in [1.82, 2.24) is 0 Å².